The standard InChI is InChI=1S/C17H23N/c1-3-10-17(2)11-8-16(9-12-17)15-6-4-14(13-18)5-7-15/h4-7,16H,3,8-12H2,1-2H3/t16-,17+. The zero-order valence-corrected chi connectivity index (χ0v) is 11.6. The molecule has 0 spiro atoms. The van der Waals surface area contributed by atoms with Gasteiger partial charge in [0, 0.05) is 0 Å². The second-order valence-corrected chi connectivity index (χ2v) is 6.07. The smallest absolute Gasteiger partial charge is 0.0991 e. The van der Waals surface area contributed by atoms with Crippen molar-refractivity contribution < 1.29 is 0 Å². The van der Waals surface area contributed by atoms with Crippen LogP contribution in [0.3, 0.4) is 0 Å². The van der Waals surface area contributed by atoms with Gasteiger partial charge >= 0.3 is 0 Å². The summed E-state index contributed by atoms with van der Waals surface area (Å²) < 4.78 is 0. The highest BCUT2D eigenvalue weighted by Gasteiger charge is 2.30. The van der Waals surface area contributed by atoms with Crippen LogP contribution in [-0.4, -0.2) is 0 Å². The van der Waals surface area contributed by atoms with E-state index in [9.17, 15) is 0 Å². The van der Waals surface area contributed by atoms with Gasteiger partial charge in [0.15, 0.2) is 0 Å². The van der Waals surface area contributed by atoms with E-state index in [0.29, 0.717) is 11.3 Å². The number of benzene rings is 1. The zero-order chi connectivity index (χ0) is 13.0. The molecule has 0 heterocycles. The van der Waals surface area contributed by atoms with E-state index in [1.165, 1.54) is 44.1 Å². The van der Waals surface area contributed by atoms with Gasteiger partial charge in [-0.15, -0.1) is 0 Å². The summed E-state index contributed by atoms with van der Waals surface area (Å²) in [5, 5.41) is 8.82. The van der Waals surface area contributed by atoms with Crippen molar-refractivity contribution in [1.82, 2.24) is 0 Å². The van der Waals surface area contributed by atoms with Gasteiger partial charge in [0.1, 0.15) is 0 Å². The van der Waals surface area contributed by atoms with Gasteiger partial charge in [0.25, 0.3) is 0 Å². The molecule has 0 saturated heterocycles. The van der Waals surface area contributed by atoms with Crippen LogP contribution in [0.15, 0.2) is 24.3 Å². The summed E-state index contributed by atoms with van der Waals surface area (Å²) in [6, 6.07) is 10.4. The van der Waals surface area contributed by atoms with Gasteiger partial charge in [0.2, 0.25) is 0 Å². The normalized spacial score (nSPS) is 27.7. The van der Waals surface area contributed by atoms with Crippen molar-refractivity contribution in [3.63, 3.8) is 0 Å². The lowest BCUT2D eigenvalue weighted by atomic mass is 9.68. The Morgan fingerprint density at radius 1 is 1.22 bits per heavy atom. The zero-order valence-electron chi connectivity index (χ0n) is 11.6. The molecular formula is C17H23N. The highest BCUT2D eigenvalue weighted by Crippen LogP contribution is 2.45. The van der Waals surface area contributed by atoms with Crippen molar-refractivity contribution in [1.29, 1.82) is 5.26 Å². The van der Waals surface area contributed by atoms with Crippen LogP contribution >= 0.6 is 0 Å². The van der Waals surface area contributed by atoms with E-state index in [-0.39, 0.29) is 0 Å². The van der Waals surface area contributed by atoms with Gasteiger partial charge in [0.05, 0.1) is 11.6 Å². The van der Waals surface area contributed by atoms with E-state index in [4.69, 9.17) is 5.26 Å². The first kappa shape index (κ1) is 13.1. The van der Waals surface area contributed by atoms with Gasteiger partial charge in [-0.3, -0.25) is 0 Å². The average molecular weight is 241 g/mol. The van der Waals surface area contributed by atoms with E-state index in [0.717, 1.165) is 5.56 Å². The third-order valence-electron chi connectivity index (χ3n) is 4.56. The fourth-order valence-corrected chi connectivity index (χ4v) is 3.33. The first-order valence-corrected chi connectivity index (χ1v) is 7.17. The van der Waals surface area contributed by atoms with Crippen LogP contribution in [-0.2, 0) is 0 Å². The van der Waals surface area contributed by atoms with Gasteiger partial charge in [-0.25, -0.2) is 0 Å². The SMILES string of the molecule is CCC[C@]1(C)CC[C@H](c2ccc(C#N)cc2)CC1. The van der Waals surface area contributed by atoms with Crippen molar-refractivity contribution >= 4 is 0 Å². The molecule has 1 aromatic carbocycles. The van der Waals surface area contributed by atoms with E-state index >= 15 is 0 Å². The quantitative estimate of drug-likeness (QED) is 0.728. The Hall–Kier alpha value is -1.29. The topological polar surface area (TPSA) is 23.8 Å². The van der Waals surface area contributed by atoms with Gasteiger partial charge in [-0.05, 0) is 61.1 Å². The molecule has 0 N–H and O–H groups in total. The minimum atomic E-state index is 0.581. The molecule has 1 nitrogen and oxygen atoms in total. The van der Waals surface area contributed by atoms with Crippen molar-refractivity contribution in [2.24, 2.45) is 5.41 Å². The van der Waals surface area contributed by atoms with Crippen LogP contribution in [0.2, 0.25) is 0 Å². The number of hydrogen-bond acceptors (Lipinski definition) is 1. The largest absolute Gasteiger partial charge is 0.192 e. The fourth-order valence-electron chi connectivity index (χ4n) is 3.33. The predicted molar refractivity (Wildman–Crippen MR) is 75.4 cm³/mol. The van der Waals surface area contributed by atoms with Crippen LogP contribution in [0.1, 0.15) is 69.4 Å². The summed E-state index contributed by atoms with van der Waals surface area (Å²) in [6.07, 6.45) is 7.99. The molecule has 1 aliphatic rings. The molecule has 96 valence electrons. The molecule has 0 amide bonds. The minimum absolute atomic E-state index is 0.581. The molecule has 0 unspecified atom stereocenters. The van der Waals surface area contributed by atoms with E-state index in [1.54, 1.807) is 0 Å². The van der Waals surface area contributed by atoms with Crippen LogP contribution in [0.25, 0.3) is 0 Å². The van der Waals surface area contributed by atoms with Crippen molar-refractivity contribution in [2.45, 2.75) is 58.3 Å². The lowest BCUT2D eigenvalue weighted by Crippen LogP contribution is -2.23. The molecule has 1 aliphatic carbocycles. The summed E-state index contributed by atoms with van der Waals surface area (Å²) in [4.78, 5) is 0. The lowest BCUT2D eigenvalue weighted by Gasteiger charge is -2.37. The first-order valence-electron chi connectivity index (χ1n) is 7.17. The molecule has 0 bridgehead atoms. The van der Waals surface area contributed by atoms with Crippen LogP contribution in [0.5, 0.6) is 0 Å². The maximum Gasteiger partial charge on any atom is 0.0991 e. The molecule has 0 aliphatic heterocycles. The Morgan fingerprint density at radius 2 is 1.83 bits per heavy atom. The highest BCUT2D eigenvalue weighted by molar-refractivity contribution is 5.33. The molecular weight excluding hydrogens is 218 g/mol. The number of rotatable bonds is 3. The maximum atomic E-state index is 8.82. The third kappa shape index (κ3) is 2.93. The van der Waals surface area contributed by atoms with Gasteiger partial charge in [-0.1, -0.05) is 32.4 Å². The van der Waals surface area contributed by atoms with Crippen LogP contribution < -0.4 is 0 Å². The van der Waals surface area contributed by atoms with Crippen molar-refractivity contribution in [3.05, 3.63) is 35.4 Å². The third-order valence-corrected chi connectivity index (χ3v) is 4.56. The van der Waals surface area contributed by atoms with Gasteiger partial charge in [-0.2, -0.15) is 5.26 Å². The Labute approximate surface area is 111 Å². The Morgan fingerprint density at radius 3 is 2.33 bits per heavy atom. The fraction of sp³-hybridized carbons (Fsp3) is 0.588. The molecule has 18 heavy (non-hydrogen) atoms. The monoisotopic (exact) mass is 241 g/mol. The Balaban J connectivity index is 1.99. The number of nitrogens with zero attached hydrogens (tertiary/aromatic N) is 1. The van der Waals surface area contributed by atoms with E-state index < -0.39 is 0 Å². The summed E-state index contributed by atoms with van der Waals surface area (Å²) in [5.74, 6) is 0.711. The average Bonchev–Trinajstić information content (AvgIpc) is 2.40. The molecule has 0 aromatic heterocycles. The van der Waals surface area contributed by atoms with Crippen LogP contribution in [0, 0.1) is 16.7 Å². The molecule has 0 radical (unpaired) electrons. The van der Waals surface area contributed by atoms with Crippen molar-refractivity contribution in [3.8, 4) is 6.07 Å². The molecule has 1 fully saturated rings. The predicted octanol–water partition coefficient (Wildman–Crippen LogP) is 5.02. The lowest BCUT2D eigenvalue weighted by molar-refractivity contribution is 0.182. The van der Waals surface area contributed by atoms with Gasteiger partial charge < -0.3 is 0 Å². The molecule has 1 aromatic rings. The maximum absolute atomic E-state index is 8.82. The first-order chi connectivity index (χ1) is 8.67. The summed E-state index contributed by atoms with van der Waals surface area (Å²) >= 11 is 0. The second kappa shape index (κ2) is 5.57. The highest BCUT2D eigenvalue weighted by atomic mass is 14.4. The second-order valence-electron chi connectivity index (χ2n) is 6.07. The Kier molecular flexibility index (Phi) is 4.07. The Bertz CT molecular complexity index is 416. The molecule has 0 atom stereocenters. The molecule has 1 saturated carbocycles. The van der Waals surface area contributed by atoms with Crippen LogP contribution in [0.4, 0.5) is 0 Å². The summed E-state index contributed by atoms with van der Waals surface area (Å²) in [5.41, 5.74) is 2.77. The van der Waals surface area contributed by atoms with E-state index in [1.807, 2.05) is 12.1 Å². The number of hydrogen-bond donors (Lipinski definition) is 0. The van der Waals surface area contributed by atoms with Crippen molar-refractivity contribution in [2.75, 3.05) is 0 Å². The van der Waals surface area contributed by atoms with E-state index in [2.05, 4.69) is 32.0 Å². The summed E-state index contributed by atoms with van der Waals surface area (Å²) in [6.45, 7) is 4.74. The summed E-state index contributed by atoms with van der Waals surface area (Å²) in [7, 11) is 0. The molecule has 1 heteroatoms. The minimum Gasteiger partial charge on any atom is -0.192 e. The molecule has 2 rings (SSSR count). The number of nitriles is 1.